The molecule has 0 aromatic heterocycles. The predicted octanol–water partition coefficient (Wildman–Crippen LogP) is 1.80. The third-order valence-corrected chi connectivity index (χ3v) is 3.12. The maximum atomic E-state index is 11.1. The summed E-state index contributed by atoms with van der Waals surface area (Å²) in [5, 5.41) is 0. The van der Waals surface area contributed by atoms with Crippen molar-refractivity contribution in [2.75, 3.05) is 0 Å². The van der Waals surface area contributed by atoms with Gasteiger partial charge in [-0.15, -0.1) is 0 Å². The average Bonchev–Trinajstić information content (AvgIpc) is 2.06. The number of benzene rings is 1. The molecule has 1 rings (SSSR count). The van der Waals surface area contributed by atoms with Gasteiger partial charge in [0.25, 0.3) is 0 Å². The first-order valence-corrected chi connectivity index (χ1v) is 4.93. The lowest BCUT2D eigenvalue weighted by molar-refractivity contribution is 0.560. The van der Waals surface area contributed by atoms with Gasteiger partial charge in [0.1, 0.15) is 9.80 Å². The number of hydrogen-bond donors (Lipinski definition) is 1. The van der Waals surface area contributed by atoms with Crippen LogP contribution in [0.1, 0.15) is 0 Å². The Kier molecular flexibility index (Phi) is 2.54. The van der Waals surface area contributed by atoms with Crippen molar-refractivity contribution in [3.05, 3.63) is 30.3 Å². The van der Waals surface area contributed by atoms with Gasteiger partial charge < -0.3 is 4.55 Å². The largest absolute Gasteiger partial charge is 0.309 e. The maximum Gasteiger partial charge on any atom is 0.121 e. The Morgan fingerprint density at radius 3 is 2.36 bits per heavy atom. The van der Waals surface area contributed by atoms with Crippen molar-refractivity contribution < 1.29 is 8.76 Å². The molecule has 4 heteroatoms. The highest BCUT2D eigenvalue weighted by atomic mass is 35.5. The zero-order chi connectivity index (χ0) is 8.32. The van der Waals surface area contributed by atoms with E-state index in [1.165, 1.54) is 0 Å². The van der Waals surface area contributed by atoms with Crippen LogP contribution in [0.25, 0.3) is 0 Å². The number of rotatable bonds is 1. The summed E-state index contributed by atoms with van der Waals surface area (Å²) in [5.41, 5.74) is 0. The number of halogens is 1. The van der Waals surface area contributed by atoms with Gasteiger partial charge in [0.2, 0.25) is 0 Å². The third-order valence-electron chi connectivity index (χ3n) is 1.20. The van der Waals surface area contributed by atoms with Crippen LogP contribution in [-0.2, 0) is 9.80 Å². The predicted molar refractivity (Wildman–Crippen MR) is 47.4 cm³/mol. The Morgan fingerprint density at radius 1 is 1.36 bits per heavy atom. The van der Waals surface area contributed by atoms with Crippen LogP contribution in [0.3, 0.4) is 0 Å². The molecule has 1 atom stereocenters. The Balaban J connectivity index is 3.25. The normalized spacial score (nSPS) is 15.5. The minimum absolute atomic E-state index is 0.329. The first kappa shape index (κ1) is 8.59. The zero-order valence-electron chi connectivity index (χ0n) is 5.61. The van der Waals surface area contributed by atoms with Gasteiger partial charge in [-0.3, -0.25) is 0 Å². The van der Waals surface area contributed by atoms with Gasteiger partial charge >= 0.3 is 0 Å². The molecule has 0 fully saturated rings. The monoisotopic (exact) mass is 190 g/mol. The van der Waals surface area contributed by atoms with E-state index in [1.807, 2.05) is 0 Å². The SMILES string of the molecule is O=S(O)(=CCl)c1ccccc1. The molecule has 2 nitrogen and oxygen atoms in total. The molecule has 1 N–H and O–H groups in total. The highest BCUT2D eigenvalue weighted by Gasteiger charge is 2.02. The lowest BCUT2D eigenvalue weighted by atomic mass is 10.4. The molecule has 1 unspecified atom stereocenters. The second-order valence-corrected chi connectivity index (χ2v) is 4.29. The summed E-state index contributed by atoms with van der Waals surface area (Å²) in [4.78, 5) is 1.11. The van der Waals surface area contributed by atoms with Crippen LogP contribution in [0.4, 0.5) is 0 Å². The molecule has 0 saturated carbocycles. The Labute approximate surface area is 70.6 Å². The standard InChI is InChI=1S/C7H7ClO2S/c8-6-11(9,10)7-4-2-1-3-5-7/h1-6H,(H,9,10). The highest BCUT2D eigenvalue weighted by Crippen LogP contribution is 2.07. The molecule has 0 bridgehead atoms. The second kappa shape index (κ2) is 3.26. The molecular formula is C7H7ClO2S. The third kappa shape index (κ3) is 1.96. The van der Waals surface area contributed by atoms with Crippen LogP contribution in [-0.4, -0.2) is 13.6 Å². The number of hydrogen-bond acceptors (Lipinski definition) is 1. The summed E-state index contributed by atoms with van der Waals surface area (Å²) < 4.78 is 20.3. The molecule has 0 aliphatic rings. The molecule has 0 spiro atoms. The van der Waals surface area contributed by atoms with E-state index < -0.39 is 9.80 Å². The topological polar surface area (TPSA) is 37.3 Å². The van der Waals surface area contributed by atoms with E-state index >= 15 is 0 Å². The summed E-state index contributed by atoms with van der Waals surface area (Å²) in [5.74, 6) is 0. The van der Waals surface area contributed by atoms with Crippen molar-refractivity contribution in [3.8, 4) is 0 Å². The molecule has 60 valence electrons. The van der Waals surface area contributed by atoms with Gasteiger partial charge in [0.15, 0.2) is 0 Å². The van der Waals surface area contributed by atoms with Crippen molar-refractivity contribution in [1.29, 1.82) is 0 Å². The fraction of sp³-hybridized carbons (Fsp3) is 0. The smallest absolute Gasteiger partial charge is 0.121 e. The van der Waals surface area contributed by atoms with E-state index in [-0.39, 0.29) is 0 Å². The summed E-state index contributed by atoms with van der Waals surface area (Å²) >= 11 is 5.18. The van der Waals surface area contributed by atoms with E-state index in [4.69, 9.17) is 16.2 Å². The molecular weight excluding hydrogens is 184 g/mol. The summed E-state index contributed by atoms with van der Waals surface area (Å²) in [6.45, 7) is 0. The van der Waals surface area contributed by atoms with Gasteiger partial charge in [0.05, 0.1) is 9.72 Å². The zero-order valence-corrected chi connectivity index (χ0v) is 7.18. The molecule has 0 amide bonds. The van der Waals surface area contributed by atoms with E-state index in [0.29, 0.717) is 4.90 Å². The summed E-state index contributed by atoms with van der Waals surface area (Å²) in [7, 11) is -3.11. The first-order valence-electron chi connectivity index (χ1n) is 2.92. The average molecular weight is 191 g/mol. The minimum Gasteiger partial charge on any atom is -0.309 e. The van der Waals surface area contributed by atoms with Crippen LogP contribution in [0, 0.1) is 0 Å². The highest BCUT2D eigenvalue weighted by molar-refractivity contribution is 7.98. The van der Waals surface area contributed by atoms with Gasteiger partial charge in [0, 0.05) is 0 Å². The molecule has 11 heavy (non-hydrogen) atoms. The molecule has 1 aromatic rings. The van der Waals surface area contributed by atoms with E-state index in [2.05, 4.69) is 0 Å². The van der Waals surface area contributed by atoms with Crippen molar-refractivity contribution in [2.45, 2.75) is 4.90 Å². The van der Waals surface area contributed by atoms with Crippen molar-refractivity contribution in [1.82, 2.24) is 0 Å². The van der Waals surface area contributed by atoms with Crippen LogP contribution in [0.5, 0.6) is 0 Å². The Hall–Kier alpha value is -0.510. The minimum atomic E-state index is -3.11. The Morgan fingerprint density at radius 2 is 1.91 bits per heavy atom. The fourth-order valence-electron chi connectivity index (χ4n) is 0.667. The maximum absolute atomic E-state index is 11.1. The second-order valence-electron chi connectivity index (χ2n) is 1.97. The molecule has 0 aliphatic heterocycles. The summed E-state index contributed by atoms with van der Waals surface area (Å²) in [6.07, 6.45) is 0. The summed E-state index contributed by atoms with van der Waals surface area (Å²) in [6, 6.07) is 8.26. The lowest BCUT2D eigenvalue weighted by Gasteiger charge is -1.99. The fourth-order valence-corrected chi connectivity index (χ4v) is 1.63. The van der Waals surface area contributed by atoms with Gasteiger partial charge in [-0.1, -0.05) is 29.8 Å². The molecule has 1 aromatic carbocycles. The molecule has 0 saturated heterocycles. The van der Waals surface area contributed by atoms with Crippen molar-refractivity contribution in [3.63, 3.8) is 0 Å². The van der Waals surface area contributed by atoms with Gasteiger partial charge in [-0.05, 0) is 12.1 Å². The van der Waals surface area contributed by atoms with Crippen LogP contribution in [0.15, 0.2) is 35.2 Å². The van der Waals surface area contributed by atoms with Crippen molar-refractivity contribution in [2.24, 2.45) is 0 Å². The van der Waals surface area contributed by atoms with Crippen LogP contribution in [0.2, 0.25) is 0 Å². The Bertz CT molecular complexity index is 339. The quantitative estimate of drug-likeness (QED) is 0.542. The van der Waals surface area contributed by atoms with E-state index in [0.717, 1.165) is 4.83 Å². The van der Waals surface area contributed by atoms with Gasteiger partial charge in [-0.2, -0.15) is 0 Å². The molecule has 0 radical (unpaired) electrons. The van der Waals surface area contributed by atoms with E-state index in [9.17, 15) is 4.21 Å². The van der Waals surface area contributed by atoms with E-state index in [1.54, 1.807) is 30.3 Å². The van der Waals surface area contributed by atoms with Crippen LogP contribution >= 0.6 is 11.6 Å². The molecule has 0 heterocycles. The van der Waals surface area contributed by atoms with Gasteiger partial charge in [-0.25, -0.2) is 4.21 Å². The first-order chi connectivity index (χ1) is 5.17. The van der Waals surface area contributed by atoms with Crippen molar-refractivity contribution >= 4 is 26.2 Å². The molecule has 0 aliphatic carbocycles. The van der Waals surface area contributed by atoms with Crippen LogP contribution < -0.4 is 0 Å². The lowest BCUT2D eigenvalue weighted by Crippen LogP contribution is -1.98.